The summed E-state index contributed by atoms with van der Waals surface area (Å²) in [5, 5.41) is 18.8. The molecule has 0 amide bonds. The molecule has 0 heterocycles. The van der Waals surface area contributed by atoms with Crippen LogP contribution in [0.1, 0.15) is 71.6 Å². The first-order chi connectivity index (χ1) is 11.9. The van der Waals surface area contributed by atoms with Crippen LogP contribution in [0.2, 0.25) is 0 Å². The molecule has 141 valence electrons. The Hall–Kier alpha value is -1.26. The van der Waals surface area contributed by atoms with Gasteiger partial charge in [-0.25, -0.2) is 0 Å². The molecule has 0 aromatic heterocycles. The minimum atomic E-state index is -2.41. The first-order valence-electron chi connectivity index (χ1n) is 9.60. The molecular weight excluding hydrogens is 316 g/mol. The molecule has 0 aliphatic heterocycles. The van der Waals surface area contributed by atoms with E-state index in [0.717, 1.165) is 12.8 Å². The molecule has 3 atom stereocenters. The van der Waals surface area contributed by atoms with Gasteiger partial charge >= 0.3 is 0 Å². The van der Waals surface area contributed by atoms with Crippen molar-refractivity contribution in [2.75, 3.05) is 0 Å². The molecule has 1 saturated carbocycles. The van der Waals surface area contributed by atoms with Crippen molar-refractivity contribution in [3.8, 4) is 0 Å². The molecule has 4 nitrogen and oxygen atoms in total. The number of rotatable bonds is 12. The van der Waals surface area contributed by atoms with Crippen molar-refractivity contribution in [2.45, 2.75) is 77.4 Å². The summed E-state index contributed by atoms with van der Waals surface area (Å²) in [7, 11) is 0. The lowest BCUT2D eigenvalue weighted by molar-refractivity contribution is -0.136. The quantitative estimate of drug-likeness (QED) is 0.319. The summed E-state index contributed by atoms with van der Waals surface area (Å²) < 4.78 is 0. The zero-order chi connectivity index (χ0) is 18.7. The third-order valence-electron chi connectivity index (χ3n) is 5.15. The van der Waals surface area contributed by atoms with E-state index in [1.807, 2.05) is 12.2 Å². The van der Waals surface area contributed by atoms with E-state index in [1.165, 1.54) is 32.0 Å². The molecule has 0 aromatic carbocycles. The SMILES string of the molecule is CCCCCC/C=C/[C@H]1CCC(=O)[C@@H]1C/C=C\CC(C)C(O)(O)[C]=O. The minimum Gasteiger partial charge on any atom is -0.359 e. The van der Waals surface area contributed by atoms with Gasteiger partial charge in [0.15, 0.2) is 0 Å². The monoisotopic (exact) mass is 349 g/mol. The summed E-state index contributed by atoms with van der Waals surface area (Å²) >= 11 is 0. The smallest absolute Gasteiger partial charge is 0.263 e. The van der Waals surface area contributed by atoms with Crippen molar-refractivity contribution < 1.29 is 19.8 Å². The summed E-state index contributed by atoms with van der Waals surface area (Å²) in [5.41, 5.74) is 0. The Balaban J connectivity index is 2.41. The van der Waals surface area contributed by atoms with E-state index >= 15 is 0 Å². The van der Waals surface area contributed by atoms with Gasteiger partial charge in [0.2, 0.25) is 5.79 Å². The third kappa shape index (κ3) is 7.66. The van der Waals surface area contributed by atoms with Crippen molar-refractivity contribution in [3.05, 3.63) is 24.3 Å². The molecule has 0 aromatic rings. The first-order valence-corrected chi connectivity index (χ1v) is 9.60. The van der Waals surface area contributed by atoms with Crippen LogP contribution in [0.15, 0.2) is 24.3 Å². The Morgan fingerprint density at radius 1 is 1.24 bits per heavy atom. The highest BCUT2D eigenvalue weighted by atomic mass is 16.5. The molecule has 2 N–H and O–H groups in total. The number of unbranched alkanes of at least 4 members (excludes halogenated alkanes) is 4. The fourth-order valence-corrected chi connectivity index (χ4v) is 3.24. The fraction of sp³-hybridized carbons (Fsp3) is 0.714. The van der Waals surface area contributed by atoms with Crippen molar-refractivity contribution >= 4 is 12.1 Å². The molecular formula is C21H33O4. The zero-order valence-corrected chi connectivity index (χ0v) is 15.6. The van der Waals surface area contributed by atoms with Crippen molar-refractivity contribution in [3.63, 3.8) is 0 Å². The lowest BCUT2D eigenvalue weighted by atomic mass is 9.90. The predicted octanol–water partition coefficient (Wildman–Crippen LogP) is 3.87. The van der Waals surface area contributed by atoms with Crippen LogP contribution in [0, 0.1) is 17.8 Å². The topological polar surface area (TPSA) is 74.6 Å². The molecule has 1 rings (SSSR count). The largest absolute Gasteiger partial charge is 0.359 e. The second kappa shape index (κ2) is 11.4. The highest BCUT2D eigenvalue weighted by Crippen LogP contribution is 2.33. The molecule has 1 unspecified atom stereocenters. The van der Waals surface area contributed by atoms with E-state index in [0.29, 0.717) is 31.0 Å². The summed E-state index contributed by atoms with van der Waals surface area (Å²) in [6.45, 7) is 3.79. The van der Waals surface area contributed by atoms with E-state index in [1.54, 1.807) is 6.92 Å². The van der Waals surface area contributed by atoms with E-state index in [9.17, 15) is 19.8 Å². The predicted molar refractivity (Wildman–Crippen MR) is 99.5 cm³/mol. The van der Waals surface area contributed by atoms with E-state index in [4.69, 9.17) is 0 Å². The number of aliphatic hydroxyl groups is 2. The van der Waals surface area contributed by atoms with Crippen LogP contribution in [-0.4, -0.2) is 28.1 Å². The number of allylic oxidation sites excluding steroid dienone is 4. The van der Waals surface area contributed by atoms with Crippen LogP contribution in [-0.2, 0) is 9.59 Å². The standard InChI is InChI=1S/C21H33O4/c1-3-4-5-6-7-8-12-18-14-15-20(23)19(18)13-10-9-11-17(2)21(24,25)16-22/h8-10,12,17-19,24-25H,3-7,11,13-15H2,1-2H3/b10-9-,12-8+/t17?,18-,19+/m0/s1. The molecule has 1 aliphatic rings. The summed E-state index contributed by atoms with van der Waals surface area (Å²) in [4.78, 5) is 22.6. The summed E-state index contributed by atoms with van der Waals surface area (Å²) in [6, 6.07) is 0. The number of Topliss-reactive ketones (excluding diaryl/α,β-unsaturated/α-hetero) is 1. The van der Waals surface area contributed by atoms with Crippen LogP contribution in [0.5, 0.6) is 0 Å². The van der Waals surface area contributed by atoms with Crippen LogP contribution >= 0.6 is 0 Å². The Kier molecular flexibility index (Phi) is 9.91. The summed E-state index contributed by atoms with van der Waals surface area (Å²) in [6.07, 6.45) is 18.1. The van der Waals surface area contributed by atoms with Crippen LogP contribution < -0.4 is 0 Å². The van der Waals surface area contributed by atoms with Gasteiger partial charge < -0.3 is 10.2 Å². The van der Waals surface area contributed by atoms with E-state index < -0.39 is 11.7 Å². The normalized spacial score (nSPS) is 23.0. The average molecular weight is 349 g/mol. The van der Waals surface area contributed by atoms with Gasteiger partial charge in [0, 0.05) is 18.3 Å². The number of ketones is 1. The van der Waals surface area contributed by atoms with Gasteiger partial charge in [0.1, 0.15) is 5.78 Å². The first kappa shape index (κ1) is 21.8. The van der Waals surface area contributed by atoms with Gasteiger partial charge in [-0.15, -0.1) is 0 Å². The van der Waals surface area contributed by atoms with E-state index in [-0.39, 0.29) is 5.92 Å². The Morgan fingerprint density at radius 3 is 2.68 bits per heavy atom. The molecule has 4 heteroatoms. The summed E-state index contributed by atoms with van der Waals surface area (Å²) in [5.74, 6) is -2.36. The lowest BCUT2D eigenvalue weighted by Crippen LogP contribution is -2.37. The molecule has 1 radical (unpaired) electrons. The van der Waals surface area contributed by atoms with Gasteiger partial charge in [-0.1, -0.05) is 57.4 Å². The second-order valence-corrected chi connectivity index (χ2v) is 7.22. The van der Waals surface area contributed by atoms with Gasteiger partial charge in [-0.2, -0.15) is 0 Å². The fourth-order valence-electron chi connectivity index (χ4n) is 3.24. The van der Waals surface area contributed by atoms with Crippen LogP contribution in [0.25, 0.3) is 0 Å². The molecule has 1 aliphatic carbocycles. The van der Waals surface area contributed by atoms with Crippen molar-refractivity contribution in [1.82, 2.24) is 0 Å². The maximum atomic E-state index is 12.1. The van der Waals surface area contributed by atoms with E-state index in [2.05, 4.69) is 19.1 Å². The van der Waals surface area contributed by atoms with Gasteiger partial charge in [-0.3, -0.25) is 9.59 Å². The highest BCUT2D eigenvalue weighted by Gasteiger charge is 2.32. The molecule has 0 bridgehead atoms. The molecule has 0 saturated heterocycles. The maximum Gasteiger partial charge on any atom is 0.263 e. The van der Waals surface area contributed by atoms with Gasteiger partial charge in [0.05, 0.1) is 0 Å². The van der Waals surface area contributed by atoms with Crippen LogP contribution in [0.3, 0.4) is 0 Å². The molecule has 25 heavy (non-hydrogen) atoms. The maximum absolute atomic E-state index is 12.1. The third-order valence-corrected chi connectivity index (χ3v) is 5.15. The average Bonchev–Trinajstić information content (AvgIpc) is 2.94. The van der Waals surface area contributed by atoms with Crippen molar-refractivity contribution in [1.29, 1.82) is 0 Å². The number of hydrogen-bond acceptors (Lipinski definition) is 4. The number of carbonyl (C=O) groups is 1. The van der Waals surface area contributed by atoms with Gasteiger partial charge in [0.25, 0.3) is 6.29 Å². The highest BCUT2D eigenvalue weighted by molar-refractivity contribution is 5.83. The molecule has 0 spiro atoms. The minimum absolute atomic E-state index is 0.0316. The molecule has 1 fully saturated rings. The van der Waals surface area contributed by atoms with Crippen LogP contribution in [0.4, 0.5) is 0 Å². The Morgan fingerprint density at radius 2 is 2.00 bits per heavy atom. The Bertz CT molecular complexity index is 465. The number of hydrogen-bond donors (Lipinski definition) is 2. The van der Waals surface area contributed by atoms with Crippen molar-refractivity contribution in [2.24, 2.45) is 17.8 Å². The lowest BCUT2D eigenvalue weighted by Gasteiger charge is -2.20. The Labute approximate surface area is 152 Å². The van der Waals surface area contributed by atoms with Gasteiger partial charge in [-0.05, 0) is 38.0 Å². The zero-order valence-electron chi connectivity index (χ0n) is 15.6. The number of carbonyl (C=O) groups excluding carboxylic acids is 2. The second-order valence-electron chi connectivity index (χ2n) is 7.22.